The molecule has 5 nitrogen and oxygen atoms in total. The number of nitrogens with one attached hydrogen (secondary N) is 2. The normalized spacial score (nSPS) is 12.1. The van der Waals surface area contributed by atoms with Crippen molar-refractivity contribution in [3.8, 4) is 0 Å². The van der Waals surface area contributed by atoms with Crippen LogP contribution in [0.5, 0.6) is 0 Å². The van der Waals surface area contributed by atoms with E-state index >= 15 is 0 Å². The minimum atomic E-state index is -0.678. The van der Waals surface area contributed by atoms with E-state index in [0.29, 0.717) is 19.4 Å². The van der Waals surface area contributed by atoms with Crippen molar-refractivity contribution in [3.63, 3.8) is 0 Å². The van der Waals surface area contributed by atoms with Crippen LogP contribution in [0.15, 0.2) is 30.3 Å². The maximum absolute atomic E-state index is 10.7. The van der Waals surface area contributed by atoms with Crippen LogP contribution < -0.4 is 10.8 Å². The number of carbonyl (C=O) groups is 1. The monoisotopic (exact) mass is 238 g/mol. The first-order valence-electron chi connectivity index (χ1n) is 5.63. The fraction of sp³-hybridized carbons (Fsp3) is 0.417. The Hall–Kier alpha value is -1.43. The van der Waals surface area contributed by atoms with Gasteiger partial charge in [-0.05, 0) is 24.9 Å². The van der Waals surface area contributed by atoms with Gasteiger partial charge in [-0.1, -0.05) is 30.3 Å². The highest BCUT2D eigenvalue weighted by atomic mass is 16.5. The first-order chi connectivity index (χ1) is 8.24. The summed E-state index contributed by atoms with van der Waals surface area (Å²) in [4.78, 5) is 10.7. The van der Waals surface area contributed by atoms with Gasteiger partial charge in [0.15, 0.2) is 0 Å². The van der Waals surface area contributed by atoms with Crippen LogP contribution in [-0.4, -0.2) is 22.8 Å². The van der Waals surface area contributed by atoms with Gasteiger partial charge in [0.1, 0.15) is 6.23 Å². The number of aliphatic hydroxyl groups is 1. The molecule has 5 heteroatoms. The van der Waals surface area contributed by atoms with Crippen LogP contribution in [0.4, 0.5) is 0 Å². The average Bonchev–Trinajstić information content (AvgIpc) is 2.38. The van der Waals surface area contributed by atoms with Gasteiger partial charge in [0.2, 0.25) is 5.91 Å². The lowest BCUT2D eigenvalue weighted by Gasteiger charge is -2.12. The van der Waals surface area contributed by atoms with Crippen LogP contribution in [-0.2, 0) is 4.79 Å². The summed E-state index contributed by atoms with van der Waals surface area (Å²) in [5, 5.41) is 21.0. The fourth-order valence-electron chi connectivity index (χ4n) is 1.46. The lowest BCUT2D eigenvalue weighted by Crippen LogP contribution is -2.23. The molecule has 0 heterocycles. The molecule has 0 bridgehead atoms. The third kappa shape index (κ3) is 5.44. The van der Waals surface area contributed by atoms with Crippen LogP contribution in [0.2, 0.25) is 0 Å². The predicted octanol–water partition coefficient (Wildman–Crippen LogP) is 0.943. The van der Waals surface area contributed by atoms with Crippen molar-refractivity contribution in [2.45, 2.75) is 25.5 Å². The van der Waals surface area contributed by atoms with Crippen molar-refractivity contribution in [3.05, 3.63) is 35.9 Å². The Kier molecular flexibility index (Phi) is 6.24. The fourth-order valence-corrected chi connectivity index (χ4v) is 1.46. The number of hydrogen-bond acceptors (Lipinski definition) is 4. The van der Waals surface area contributed by atoms with Gasteiger partial charge in [-0.3, -0.25) is 15.3 Å². The van der Waals surface area contributed by atoms with Gasteiger partial charge in [-0.2, -0.15) is 0 Å². The standard InChI is InChI=1S/C12H18N2O3/c15-11(14-17)8-4-5-9-13-12(16)10-6-2-1-3-7-10/h1-3,6-7,12-13,16-17H,4-5,8-9H2,(H,14,15). The number of benzene rings is 1. The van der Waals surface area contributed by atoms with Gasteiger partial charge in [-0.15, -0.1) is 0 Å². The summed E-state index contributed by atoms with van der Waals surface area (Å²) >= 11 is 0. The number of rotatable bonds is 7. The quantitative estimate of drug-likeness (QED) is 0.247. The van der Waals surface area contributed by atoms with Crippen LogP contribution in [0, 0.1) is 0 Å². The molecule has 17 heavy (non-hydrogen) atoms. The van der Waals surface area contributed by atoms with Gasteiger partial charge in [0.05, 0.1) is 0 Å². The molecule has 0 aliphatic heterocycles. The zero-order chi connectivity index (χ0) is 12.5. The minimum absolute atomic E-state index is 0.291. The molecule has 0 spiro atoms. The maximum Gasteiger partial charge on any atom is 0.243 e. The van der Waals surface area contributed by atoms with E-state index in [0.717, 1.165) is 12.0 Å². The molecule has 1 rings (SSSR count). The highest BCUT2D eigenvalue weighted by molar-refractivity contribution is 5.74. The van der Waals surface area contributed by atoms with E-state index in [1.807, 2.05) is 30.3 Å². The van der Waals surface area contributed by atoms with Crippen LogP contribution in [0.3, 0.4) is 0 Å². The number of aliphatic hydroxyl groups excluding tert-OH is 1. The largest absolute Gasteiger partial charge is 0.374 e. The Balaban J connectivity index is 2.13. The van der Waals surface area contributed by atoms with E-state index in [1.165, 1.54) is 0 Å². The average molecular weight is 238 g/mol. The van der Waals surface area contributed by atoms with E-state index in [1.54, 1.807) is 5.48 Å². The van der Waals surface area contributed by atoms with Crippen LogP contribution in [0.25, 0.3) is 0 Å². The molecule has 1 aromatic rings. The highest BCUT2D eigenvalue weighted by Crippen LogP contribution is 2.08. The summed E-state index contributed by atoms with van der Waals surface area (Å²) in [6.45, 7) is 0.620. The summed E-state index contributed by atoms with van der Waals surface area (Å²) in [6, 6.07) is 9.31. The summed E-state index contributed by atoms with van der Waals surface area (Å²) in [7, 11) is 0. The van der Waals surface area contributed by atoms with Crippen molar-refractivity contribution in [1.82, 2.24) is 10.8 Å². The first-order valence-corrected chi connectivity index (χ1v) is 5.63. The minimum Gasteiger partial charge on any atom is -0.374 e. The zero-order valence-corrected chi connectivity index (χ0v) is 9.60. The summed E-state index contributed by atoms with van der Waals surface area (Å²) in [6.07, 6.45) is 1.04. The second-order valence-electron chi connectivity index (χ2n) is 3.76. The summed E-state index contributed by atoms with van der Waals surface area (Å²) in [5.41, 5.74) is 2.40. The summed E-state index contributed by atoms with van der Waals surface area (Å²) < 4.78 is 0. The van der Waals surface area contributed by atoms with Crippen molar-refractivity contribution < 1.29 is 15.1 Å². The molecule has 0 radical (unpaired) electrons. The summed E-state index contributed by atoms with van der Waals surface area (Å²) in [5.74, 6) is -0.381. The van der Waals surface area contributed by atoms with Crippen LogP contribution in [0.1, 0.15) is 31.1 Å². The number of carbonyl (C=O) groups excluding carboxylic acids is 1. The zero-order valence-electron chi connectivity index (χ0n) is 9.60. The smallest absolute Gasteiger partial charge is 0.243 e. The van der Waals surface area contributed by atoms with E-state index < -0.39 is 6.23 Å². The molecular formula is C12H18N2O3. The molecular weight excluding hydrogens is 220 g/mol. The first kappa shape index (κ1) is 13.6. The van der Waals surface area contributed by atoms with Crippen LogP contribution >= 0.6 is 0 Å². The molecule has 0 aromatic heterocycles. The molecule has 94 valence electrons. The number of hydrogen-bond donors (Lipinski definition) is 4. The molecule has 1 atom stereocenters. The third-order valence-electron chi connectivity index (χ3n) is 2.41. The SMILES string of the molecule is O=C(CCCCNC(O)c1ccccc1)NO. The van der Waals surface area contributed by atoms with E-state index in [4.69, 9.17) is 5.21 Å². The molecule has 0 aliphatic carbocycles. The second kappa shape index (κ2) is 7.78. The highest BCUT2D eigenvalue weighted by Gasteiger charge is 2.05. The maximum atomic E-state index is 10.7. The van der Waals surface area contributed by atoms with E-state index in [9.17, 15) is 9.90 Å². The molecule has 1 amide bonds. The lowest BCUT2D eigenvalue weighted by atomic mass is 10.2. The molecule has 0 aliphatic rings. The predicted molar refractivity (Wildman–Crippen MR) is 63.2 cm³/mol. The number of hydroxylamine groups is 1. The third-order valence-corrected chi connectivity index (χ3v) is 2.41. The number of amides is 1. The van der Waals surface area contributed by atoms with Gasteiger partial charge in [-0.25, -0.2) is 5.48 Å². The van der Waals surface area contributed by atoms with E-state index in [-0.39, 0.29) is 5.91 Å². The molecule has 0 saturated heterocycles. The Morgan fingerprint density at radius 2 is 1.94 bits per heavy atom. The van der Waals surface area contributed by atoms with Gasteiger partial charge < -0.3 is 5.11 Å². The Morgan fingerprint density at radius 1 is 1.24 bits per heavy atom. The second-order valence-corrected chi connectivity index (χ2v) is 3.76. The molecule has 1 aromatic carbocycles. The Labute approximate surface area is 100 Å². The topological polar surface area (TPSA) is 81.6 Å². The Morgan fingerprint density at radius 3 is 2.59 bits per heavy atom. The molecule has 0 fully saturated rings. The van der Waals surface area contributed by atoms with Crippen molar-refractivity contribution in [2.24, 2.45) is 0 Å². The van der Waals surface area contributed by atoms with Gasteiger partial charge >= 0.3 is 0 Å². The lowest BCUT2D eigenvalue weighted by molar-refractivity contribution is -0.129. The molecule has 1 unspecified atom stereocenters. The van der Waals surface area contributed by atoms with Crippen molar-refractivity contribution in [2.75, 3.05) is 6.54 Å². The van der Waals surface area contributed by atoms with Crippen molar-refractivity contribution in [1.29, 1.82) is 0 Å². The number of unbranched alkanes of at least 4 members (excludes halogenated alkanes) is 1. The van der Waals surface area contributed by atoms with Gasteiger partial charge in [0.25, 0.3) is 0 Å². The molecule has 4 N–H and O–H groups in total. The van der Waals surface area contributed by atoms with Gasteiger partial charge in [0, 0.05) is 6.42 Å². The molecule has 0 saturated carbocycles. The Bertz CT molecular complexity index is 330. The van der Waals surface area contributed by atoms with E-state index in [2.05, 4.69) is 5.32 Å². The van der Waals surface area contributed by atoms with Crippen molar-refractivity contribution >= 4 is 5.91 Å².